The highest BCUT2D eigenvalue weighted by Crippen LogP contribution is 2.32. The van der Waals surface area contributed by atoms with Crippen LogP contribution in [0.2, 0.25) is 0 Å². The van der Waals surface area contributed by atoms with Crippen molar-refractivity contribution in [3.63, 3.8) is 0 Å². The lowest BCUT2D eigenvalue weighted by atomic mass is 9.95. The van der Waals surface area contributed by atoms with E-state index in [-0.39, 0.29) is 11.6 Å². The van der Waals surface area contributed by atoms with Crippen LogP contribution in [0.15, 0.2) is 24.3 Å². The van der Waals surface area contributed by atoms with Gasteiger partial charge in [-0.2, -0.15) is 5.10 Å². The molecule has 1 aliphatic heterocycles. The number of carbonyl (C=O) groups excluding carboxylic acids is 1. The van der Waals surface area contributed by atoms with Gasteiger partial charge in [-0.1, -0.05) is 12.1 Å². The lowest BCUT2D eigenvalue weighted by molar-refractivity contribution is -0.116. The molecule has 96 valence electrons. The SMILES string of the molecule is O=C1CCc2c(cccc2-c2cc(C(=O)O)[nH]n2)N1. The average Bonchev–Trinajstić information content (AvgIpc) is 2.87. The van der Waals surface area contributed by atoms with E-state index in [2.05, 4.69) is 15.5 Å². The third-order valence-corrected chi connectivity index (χ3v) is 3.14. The van der Waals surface area contributed by atoms with Crippen molar-refractivity contribution >= 4 is 17.6 Å². The van der Waals surface area contributed by atoms with Crippen LogP contribution in [0.25, 0.3) is 11.3 Å². The summed E-state index contributed by atoms with van der Waals surface area (Å²) < 4.78 is 0. The molecule has 1 aliphatic rings. The first-order valence-corrected chi connectivity index (χ1v) is 5.86. The standard InChI is InChI=1S/C13H11N3O3/c17-12-5-4-8-7(2-1-3-9(8)14-12)10-6-11(13(18)19)16-15-10/h1-3,6H,4-5H2,(H,14,17)(H,15,16)(H,18,19). The molecule has 1 aromatic carbocycles. The maximum absolute atomic E-state index is 11.4. The minimum atomic E-state index is -1.04. The fourth-order valence-corrected chi connectivity index (χ4v) is 2.23. The van der Waals surface area contributed by atoms with Crippen molar-refractivity contribution in [2.75, 3.05) is 5.32 Å². The molecule has 0 saturated heterocycles. The number of hydrogen-bond donors (Lipinski definition) is 3. The van der Waals surface area contributed by atoms with Crippen molar-refractivity contribution in [2.45, 2.75) is 12.8 Å². The van der Waals surface area contributed by atoms with Crippen molar-refractivity contribution in [2.24, 2.45) is 0 Å². The fourth-order valence-electron chi connectivity index (χ4n) is 2.23. The van der Waals surface area contributed by atoms with E-state index < -0.39 is 5.97 Å². The first kappa shape index (κ1) is 11.5. The van der Waals surface area contributed by atoms with E-state index in [0.29, 0.717) is 18.5 Å². The van der Waals surface area contributed by atoms with Gasteiger partial charge in [0.2, 0.25) is 5.91 Å². The highest BCUT2D eigenvalue weighted by Gasteiger charge is 2.20. The molecule has 0 saturated carbocycles. The molecule has 0 unspecified atom stereocenters. The van der Waals surface area contributed by atoms with Gasteiger partial charge in [-0.25, -0.2) is 4.79 Å². The highest BCUT2D eigenvalue weighted by atomic mass is 16.4. The zero-order chi connectivity index (χ0) is 13.4. The van der Waals surface area contributed by atoms with Gasteiger partial charge in [0.05, 0.1) is 5.69 Å². The van der Waals surface area contributed by atoms with E-state index in [0.717, 1.165) is 16.8 Å². The third kappa shape index (κ3) is 1.97. The van der Waals surface area contributed by atoms with E-state index >= 15 is 0 Å². The summed E-state index contributed by atoms with van der Waals surface area (Å²) in [6, 6.07) is 7.02. The number of aromatic amines is 1. The summed E-state index contributed by atoms with van der Waals surface area (Å²) >= 11 is 0. The summed E-state index contributed by atoms with van der Waals surface area (Å²) in [5.74, 6) is -1.05. The number of benzene rings is 1. The topological polar surface area (TPSA) is 95.1 Å². The Kier molecular flexibility index (Phi) is 2.56. The van der Waals surface area contributed by atoms with E-state index in [1.54, 1.807) is 0 Å². The van der Waals surface area contributed by atoms with E-state index in [4.69, 9.17) is 5.11 Å². The van der Waals surface area contributed by atoms with Gasteiger partial charge in [0.25, 0.3) is 0 Å². The summed E-state index contributed by atoms with van der Waals surface area (Å²) in [6.45, 7) is 0. The molecule has 0 atom stereocenters. The first-order chi connectivity index (χ1) is 9.15. The minimum Gasteiger partial charge on any atom is -0.477 e. The predicted octanol–water partition coefficient (Wildman–Crippen LogP) is 1.66. The van der Waals surface area contributed by atoms with Crippen LogP contribution in [0.5, 0.6) is 0 Å². The van der Waals surface area contributed by atoms with Crippen LogP contribution in [-0.2, 0) is 11.2 Å². The molecule has 1 amide bonds. The summed E-state index contributed by atoms with van der Waals surface area (Å²) in [4.78, 5) is 22.2. The number of carboxylic acid groups (broad SMARTS) is 1. The van der Waals surface area contributed by atoms with E-state index in [9.17, 15) is 9.59 Å². The van der Waals surface area contributed by atoms with Crippen molar-refractivity contribution in [1.82, 2.24) is 10.2 Å². The Morgan fingerprint density at radius 2 is 2.16 bits per heavy atom. The number of carboxylic acids is 1. The summed E-state index contributed by atoms with van der Waals surface area (Å²) in [7, 11) is 0. The van der Waals surface area contributed by atoms with Crippen molar-refractivity contribution in [1.29, 1.82) is 0 Å². The Labute approximate surface area is 108 Å². The summed E-state index contributed by atoms with van der Waals surface area (Å²) in [5, 5.41) is 18.2. The number of carbonyl (C=O) groups is 2. The van der Waals surface area contributed by atoms with Gasteiger partial charge >= 0.3 is 5.97 Å². The number of anilines is 1. The van der Waals surface area contributed by atoms with Crippen molar-refractivity contribution < 1.29 is 14.7 Å². The van der Waals surface area contributed by atoms with Crippen LogP contribution in [0.4, 0.5) is 5.69 Å². The number of aromatic nitrogens is 2. The maximum Gasteiger partial charge on any atom is 0.353 e. The van der Waals surface area contributed by atoms with Gasteiger partial charge in [0, 0.05) is 17.7 Å². The molecule has 0 radical (unpaired) electrons. The molecule has 6 nitrogen and oxygen atoms in total. The average molecular weight is 257 g/mol. The Hall–Kier alpha value is -2.63. The van der Waals surface area contributed by atoms with E-state index in [1.807, 2.05) is 18.2 Å². The Balaban J connectivity index is 2.07. The molecule has 0 bridgehead atoms. The second-order valence-corrected chi connectivity index (χ2v) is 4.35. The normalized spacial score (nSPS) is 13.8. The minimum absolute atomic E-state index is 0.00194. The molecule has 0 aliphatic carbocycles. The van der Waals surface area contributed by atoms with Crippen LogP contribution in [-0.4, -0.2) is 27.2 Å². The molecule has 0 spiro atoms. The van der Waals surface area contributed by atoms with Crippen LogP contribution >= 0.6 is 0 Å². The van der Waals surface area contributed by atoms with Crippen LogP contribution in [0, 0.1) is 0 Å². The van der Waals surface area contributed by atoms with Gasteiger partial charge in [0.1, 0.15) is 5.69 Å². The molecule has 3 rings (SSSR count). The number of aromatic carboxylic acids is 1. The van der Waals surface area contributed by atoms with E-state index in [1.165, 1.54) is 6.07 Å². The second-order valence-electron chi connectivity index (χ2n) is 4.35. The van der Waals surface area contributed by atoms with Gasteiger partial charge < -0.3 is 10.4 Å². The molecule has 1 aromatic heterocycles. The summed E-state index contributed by atoms with van der Waals surface area (Å²) in [5.41, 5.74) is 3.23. The van der Waals surface area contributed by atoms with Crippen LogP contribution in [0.3, 0.4) is 0 Å². The maximum atomic E-state index is 11.4. The number of nitrogens with zero attached hydrogens (tertiary/aromatic N) is 1. The Morgan fingerprint density at radius 3 is 2.89 bits per heavy atom. The first-order valence-electron chi connectivity index (χ1n) is 5.86. The fraction of sp³-hybridized carbons (Fsp3) is 0.154. The second kappa shape index (κ2) is 4.24. The Morgan fingerprint density at radius 1 is 1.32 bits per heavy atom. The Bertz CT molecular complexity index is 676. The van der Waals surface area contributed by atoms with Gasteiger partial charge in [-0.05, 0) is 24.1 Å². The molecule has 2 heterocycles. The lowest BCUT2D eigenvalue weighted by Gasteiger charge is -2.19. The number of nitrogens with one attached hydrogen (secondary N) is 2. The van der Waals surface area contributed by atoms with Crippen LogP contribution in [0.1, 0.15) is 22.5 Å². The predicted molar refractivity (Wildman–Crippen MR) is 67.9 cm³/mol. The lowest BCUT2D eigenvalue weighted by Crippen LogP contribution is -2.19. The quantitative estimate of drug-likeness (QED) is 0.762. The van der Waals surface area contributed by atoms with Crippen molar-refractivity contribution in [3.05, 3.63) is 35.5 Å². The molecular weight excluding hydrogens is 246 g/mol. The van der Waals surface area contributed by atoms with Crippen molar-refractivity contribution in [3.8, 4) is 11.3 Å². The monoisotopic (exact) mass is 257 g/mol. The summed E-state index contributed by atoms with van der Waals surface area (Å²) in [6.07, 6.45) is 1.06. The van der Waals surface area contributed by atoms with Gasteiger partial charge in [0.15, 0.2) is 0 Å². The smallest absolute Gasteiger partial charge is 0.353 e. The number of rotatable bonds is 2. The van der Waals surface area contributed by atoms with Crippen LogP contribution < -0.4 is 5.32 Å². The highest BCUT2D eigenvalue weighted by molar-refractivity contribution is 5.96. The number of H-pyrrole nitrogens is 1. The zero-order valence-electron chi connectivity index (χ0n) is 9.93. The van der Waals surface area contributed by atoms with Gasteiger partial charge in [-0.15, -0.1) is 0 Å². The molecule has 0 fully saturated rings. The molecule has 3 N–H and O–H groups in total. The molecule has 2 aromatic rings. The zero-order valence-corrected chi connectivity index (χ0v) is 9.93. The molecule has 19 heavy (non-hydrogen) atoms. The molecular formula is C13H11N3O3. The number of fused-ring (bicyclic) bond motifs is 1. The largest absolute Gasteiger partial charge is 0.477 e. The molecule has 6 heteroatoms. The third-order valence-electron chi connectivity index (χ3n) is 3.14. The van der Waals surface area contributed by atoms with Gasteiger partial charge in [-0.3, -0.25) is 9.89 Å². The number of hydrogen-bond acceptors (Lipinski definition) is 3. The number of amides is 1.